The van der Waals surface area contributed by atoms with Crippen LogP contribution in [0.25, 0.3) is 0 Å². The summed E-state index contributed by atoms with van der Waals surface area (Å²) in [6, 6.07) is 5.37. The van der Waals surface area contributed by atoms with Gasteiger partial charge in [0.2, 0.25) is 10.0 Å². The van der Waals surface area contributed by atoms with Crippen LogP contribution >= 0.6 is 0 Å². The van der Waals surface area contributed by atoms with Crippen molar-refractivity contribution in [1.29, 1.82) is 5.26 Å². The lowest BCUT2D eigenvalue weighted by Crippen LogP contribution is -2.23. The SMILES string of the molecule is N#Cc1cncc(Oc2ccc(S(N)(=O)=O)c3c2CC(F)(F)C3O)c1. The van der Waals surface area contributed by atoms with Crippen molar-refractivity contribution in [2.45, 2.75) is 23.3 Å². The van der Waals surface area contributed by atoms with E-state index >= 15 is 0 Å². The van der Waals surface area contributed by atoms with Gasteiger partial charge < -0.3 is 9.84 Å². The summed E-state index contributed by atoms with van der Waals surface area (Å²) < 4.78 is 56.6. The maximum absolute atomic E-state index is 13.9. The van der Waals surface area contributed by atoms with Gasteiger partial charge in [0.25, 0.3) is 5.92 Å². The van der Waals surface area contributed by atoms with Crippen molar-refractivity contribution in [3.05, 3.63) is 47.3 Å². The standard InChI is InChI=1S/C15H11F2N3O4S/c16-15(17)4-10-11(24-9-3-8(5-18)6-20-7-9)1-2-12(25(19,22)23)13(10)14(15)21/h1-3,6-7,14,21H,4H2,(H2,19,22,23). The Hall–Kier alpha value is -2.61. The van der Waals surface area contributed by atoms with Gasteiger partial charge in [-0.25, -0.2) is 22.3 Å². The third-order valence-electron chi connectivity index (χ3n) is 3.74. The summed E-state index contributed by atoms with van der Waals surface area (Å²) in [5.74, 6) is -3.53. The van der Waals surface area contributed by atoms with Gasteiger partial charge in [0, 0.05) is 29.8 Å². The molecule has 0 spiro atoms. The summed E-state index contributed by atoms with van der Waals surface area (Å²) in [5.41, 5.74) is -0.443. The van der Waals surface area contributed by atoms with Gasteiger partial charge >= 0.3 is 0 Å². The van der Waals surface area contributed by atoms with Crippen molar-refractivity contribution in [2.75, 3.05) is 0 Å². The Kier molecular flexibility index (Phi) is 3.95. The molecule has 1 aliphatic rings. The van der Waals surface area contributed by atoms with E-state index in [-0.39, 0.29) is 22.6 Å². The highest BCUT2D eigenvalue weighted by Crippen LogP contribution is 2.49. The minimum absolute atomic E-state index is 0.0736. The van der Waals surface area contributed by atoms with Crippen LogP contribution in [-0.4, -0.2) is 24.4 Å². The van der Waals surface area contributed by atoms with Crippen LogP contribution in [0.1, 0.15) is 22.8 Å². The van der Waals surface area contributed by atoms with Gasteiger partial charge in [0.15, 0.2) is 0 Å². The number of sulfonamides is 1. The molecule has 0 fully saturated rings. The minimum Gasteiger partial charge on any atom is -0.455 e. The van der Waals surface area contributed by atoms with E-state index in [0.717, 1.165) is 6.07 Å². The molecule has 1 atom stereocenters. The number of hydrogen-bond acceptors (Lipinski definition) is 6. The number of ether oxygens (including phenoxy) is 1. The molecular weight excluding hydrogens is 356 g/mol. The first-order valence-corrected chi connectivity index (χ1v) is 8.45. The molecule has 1 aromatic carbocycles. The molecule has 0 amide bonds. The summed E-state index contributed by atoms with van der Waals surface area (Å²) in [6.07, 6.45) is -0.667. The second-order valence-electron chi connectivity index (χ2n) is 5.46. The van der Waals surface area contributed by atoms with Crippen LogP contribution in [0, 0.1) is 11.3 Å². The lowest BCUT2D eigenvalue weighted by Gasteiger charge is -2.15. The van der Waals surface area contributed by atoms with Crippen LogP contribution in [0.4, 0.5) is 8.78 Å². The molecule has 0 saturated carbocycles. The molecule has 0 aliphatic heterocycles. The largest absolute Gasteiger partial charge is 0.455 e. The van der Waals surface area contributed by atoms with Gasteiger partial charge in [-0.3, -0.25) is 4.98 Å². The van der Waals surface area contributed by atoms with Gasteiger partial charge in [-0.1, -0.05) is 0 Å². The Morgan fingerprint density at radius 3 is 2.76 bits per heavy atom. The molecule has 25 heavy (non-hydrogen) atoms. The Balaban J connectivity index is 2.13. The number of alkyl halides is 2. The number of aliphatic hydroxyl groups excluding tert-OH is 1. The van der Waals surface area contributed by atoms with Crippen LogP contribution in [0.3, 0.4) is 0 Å². The van der Waals surface area contributed by atoms with E-state index < -0.39 is 38.9 Å². The minimum atomic E-state index is -4.32. The van der Waals surface area contributed by atoms with Gasteiger partial charge in [-0.05, 0) is 12.1 Å². The summed E-state index contributed by atoms with van der Waals surface area (Å²) in [5, 5.41) is 23.7. The molecule has 0 saturated heterocycles. The third kappa shape index (κ3) is 3.05. The highest BCUT2D eigenvalue weighted by Gasteiger charge is 2.50. The van der Waals surface area contributed by atoms with Crippen molar-refractivity contribution in [3.8, 4) is 17.6 Å². The Morgan fingerprint density at radius 1 is 1.40 bits per heavy atom. The average Bonchev–Trinajstić information content (AvgIpc) is 2.78. The topological polar surface area (TPSA) is 126 Å². The fourth-order valence-corrected chi connectivity index (χ4v) is 3.45. The molecule has 1 aliphatic carbocycles. The molecule has 3 rings (SSSR count). The number of pyridine rings is 1. The van der Waals surface area contributed by atoms with Gasteiger partial charge in [0.1, 0.15) is 23.7 Å². The number of rotatable bonds is 3. The fraction of sp³-hybridized carbons (Fsp3) is 0.200. The lowest BCUT2D eigenvalue weighted by molar-refractivity contribution is -0.0976. The van der Waals surface area contributed by atoms with E-state index in [2.05, 4.69) is 4.98 Å². The molecule has 0 radical (unpaired) electrons. The maximum Gasteiger partial charge on any atom is 0.281 e. The van der Waals surface area contributed by atoms with E-state index in [1.807, 2.05) is 6.07 Å². The highest BCUT2D eigenvalue weighted by molar-refractivity contribution is 7.89. The molecule has 1 aromatic heterocycles. The number of nitriles is 1. The smallest absolute Gasteiger partial charge is 0.281 e. The summed E-state index contributed by atoms with van der Waals surface area (Å²) in [7, 11) is -4.32. The van der Waals surface area contributed by atoms with Crippen LogP contribution in [0.5, 0.6) is 11.5 Å². The number of nitrogens with zero attached hydrogens (tertiary/aromatic N) is 2. The maximum atomic E-state index is 13.9. The van der Waals surface area contributed by atoms with Crippen molar-refractivity contribution in [3.63, 3.8) is 0 Å². The fourth-order valence-electron chi connectivity index (χ4n) is 2.66. The number of hydrogen-bond donors (Lipinski definition) is 2. The highest BCUT2D eigenvalue weighted by atomic mass is 32.2. The summed E-state index contributed by atoms with van der Waals surface area (Å²) >= 11 is 0. The zero-order valence-electron chi connectivity index (χ0n) is 12.5. The van der Waals surface area contributed by atoms with Gasteiger partial charge in [-0.2, -0.15) is 5.26 Å². The molecule has 130 valence electrons. The zero-order chi connectivity index (χ0) is 18.4. The van der Waals surface area contributed by atoms with Crippen molar-refractivity contribution < 1.29 is 27.0 Å². The molecule has 1 heterocycles. The number of fused-ring (bicyclic) bond motifs is 1. The molecule has 2 aromatic rings. The number of aliphatic hydroxyl groups is 1. The number of aromatic nitrogens is 1. The van der Waals surface area contributed by atoms with E-state index in [1.54, 1.807) is 0 Å². The first-order chi connectivity index (χ1) is 11.6. The zero-order valence-corrected chi connectivity index (χ0v) is 13.3. The van der Waals surface area contributed by atoms with Crippen molar-refractivity contribution >= 4 is 10.0 Å². The Labute approximate surface area is 141 Å². The van der Waals surface area contributed by atoms with Gasteiger partial charge in [0.05, 0.1) is 16.7 Å². The van der Waals surface area contributed by atoms with Crippen LogP contribution in [0.15, 0.2) is 35.5 Å². The van der Waals surface area contributed by atoms with Crippen LogP contribution in [0.2, 0.25) is 0 Å². The van der Waals surface area contributed by atoms with Crippen LogP contribution < -0.4 is 9.88 Å². The molecular formula is C15H11F2N3O4S. The first-order valence-electron chi connectivity index (χ1n) is 6.91. The van der Waals surface area contributed by atoms with Crippen molar-refractivity contribution in [2.24, 2.45) is 5.14 Å². The molecule has 1 unspecified atom stereocenters. The second kappa shape index (κ2) is 5.73. The predicted molar refractivity (Wildman–Crippen MR) is 80.5 cm³/mol. The number of halogens is 2. The molecule has 10 heteroatoms. The van der Waals surface area contributed by atoms with E-state index in [4.69, 9.17) is 15.1 Å². The number of benzene rings is 1. The number of nitrogens with two attached hydrogens (primary N) is 1. The third-order valence-corrected chi connectivity index (χ3v) is 4.71. The second-order valence-corrected chi connectivity index (χ2v) is 6.99. The van der Waals surface area contributed by atoms with Crippen molar-refractivity contribution in [1.82, 2.24) is 4.98 Å². The monoisotopic (exact) mass is 367 g/mol. The van der Waals surface area contributed by atoms with Crippen LogP contribution in [-0.2, 0) is 16.4 Å². The summed E-state index contributed by atoms with van der Waals surface area (Å²) in [6.45, 7) is 0. The number of primary sulfonamides is 1. The van der Waals surface area contributed by atoms with E-state index in [1.165, 1.54) is 24.5 Å². The summed E-state index contributed by atoms with van der Waals surface area (Å²) in [4.78, 5) is 3.20. The van der Waals surface area contributed by atoms with Gasteiger partial charge in [-0.15, -0.1) is 0 Å². The average molecular weight is 367 g/mol. The first kappa shape index (κ1) is 17.2. The quantitative estimate of drug-likeness (QED) is 0.849. The molecule has 7 nitrogen and oxygen atoms in total. The Bertz CT molecular complexity index is 1000. The molecule has 0 bridgehead atoms. The Morgan fingerprint density at radius 2 is 2.12 bits per heavy atom. The molecule has 3 N–H and O–H groups in total. The van der Waals surface area contributed by atoms with E-state index in [0.29, 0.717) is 0 Å². The lowest BCUT2D eigenvalue weighted by atomic mass is 10.1. The predicted octanol–water partition coefficient (Wildman–Crippen LogP) is 1.62. The van der Waals surface area contributed by atoms with E-state index in [9.17, 15) is 22.3 Å². The normalized spacial score (nSPS) is 18.4.